The zero-order valence-corrected chi connectivity index (χ0v) is 10.3. The number of fused-ring (bicyclic) bond motifs is 1. The lowest BCUT2D eigenvalue weighted by atomic mass is 10.2. The Balaban J connectivity index is 2.14. The highest BCUT2D eigenvalue weighted by Crippen LogP contribution is 2.07. The second-order valence-corrected chi connectivity index (χ2v) is 4.24. The van der Waals surface area contributed by atoms with Gasteiger partial charge in [0.05, 0.1) is 6.54 Å². The van der Waals surface area contributed by atoms with Crippen molar-refractivity contribution < 1.29 is 0 Å². The first-order valence-corrected chi connectivity index (χ1v) is 5.78. The summed E-state index contributed by atoms with van der Waals surface area (Å²) < 4.78 is 2.57. The van der Waals surface area contributed by atoms with Crippen molar-refractivity contribution in [3.05, 3.63) is 52.1 Å². The zero-order chi connectivity index (χ0) is 13.4. The fraction of sp³-hybridized carbons (Fsp3) is 0.167. The van der Waals surface area contributed by atoms with E-state index in [1.165, 1.54) is 0 Å². The summed E-state index contributed by atoms with van der Waals surface area (Å²) in [6, 6.07) is 9.79. The molecule has 1 aromatic carbocycles. The molecule has 0 radical (unpaired) electrons. The number of aryl methyl sites for hydroxylation is 1. The fourth-order valence-electron chi connectivity index (χ4n) is 1.89. The van der Waals surface area contributed by atoms with E-state index in [4.69, 9.17) is 5.84 Å². The monoisotopic (exact) mass is 256 g/mol. The predicted octanol–water partition coefficient (Wildman–Crippen LogP) is 0.0585. The maximum Gasteiger partial charge on any atom is 0.302 e. The van der Waals surface area contributed by atoms with Gasteiger partial charge in [-0.3, -0.25) is 4.79 Å². The Morgan fingerprint density at radius 2 is 2.00 bits per heavy atom. The summed E-state index contributed by atoms with van der Waals surface area (Å²) in [6.07, 6.45) is 0. The van der Waals surface area contributed by atoms with Crippen molar-refractivity contribution in [3.8, 4) is 0 Å². The molecule has 0 aliphatic rings. The second-order valence-electron chi connectivity index (χ2n) is 4.24. The quantitative estimate of drug-likeness (QED) is 0.654. The van der Waals surface area contributed by atoms with Crippen LogP contribution in [0, 0.1) is 6.92 Å². The van der Waals surface area contributed by atoms with Crippen molar-refractivity contribution in [2.45, 2.75) is 13.5 Å². The smallest absolute Gasteiger partial charge is 0.302 e. The molecule has 19 heavy (non-hydrogen) atoms. The molecule has 2 aromatic heterocycles. The minimum atomic E-state index is -0.387. The first-order valence-electron chi connectivity index (χ1n) is 5.78. The third-order valence-electron chi connectivity index (χ3n) is 2.92. The molecule has 7 heteroatoms. The molecule has 0 aliphatic heterocycles. The van der Waals surface area contributed by atoms with E-state index in [-0.39, 0.29) is 11.1 Å². The van der Waals surface area contributed by atoms with Gasteiger partial charge in [-0.1, -0.05) is 35.5 Å². The number of rotatable bonds is 2. The van der Waals surface area contributed by atoms with E-state index in [0.29, 0.717) is 18.0 Å². The summed E-state index contributed by atoms with van der Waals surface area (Å²) in [7, 11) is 0. The molecule has 0 fully saturated rings. The van der Waals surface area contributed by atoms with Crippen molar-refractivity contribution in [1.29, 1.82) is 0 Å². The van der Waals surface area contributed by atoms with Crippen LogP contribution in [0.15, 0.2) is 35.1 Å². The standard InChI is InChI=1S/C12H12N6O/c1-8-14-11-10(12(19)18(8)13)15-16-17(11)7-9-5-3-2-4-6-9/h2-6H,7,13H2,1H3. The molecule has 7 nitrogen and oxygen atoms in total. The van der Waals surface area contributed by atoms with E-state index in [1.807, 2.05) is 30.3 Å². The highest BCUT2D eigenvalue weighted by molar-refractivity contribution is 5.68. The molecule has 3 aromatic rings. The van der Waals surface area contributed by atoms with Crippen LogP contribution >= 0.6 is 0 Å². The van der Waals surface area contributed by atoms with E-state index < -0.39 is 0 Å². The second kappa shape index (κ2) is 4.20. The average molecular weight is 256 g/mol. The molecular formula is C12H12N6O. The number of nitrogens with zero attached hydrogens (tertiary/aromatic N) is 5. The van der Waals surface area contributed by atoms with Crippen LogP contribution in [0.4, 0.5) is 0 Å². The molecule has 0 amide bonds. The van der Waals surface area contributed by atoms with Crippen LogP contribution in [0.5, 0.6) is 0 Å². The highest BCUT2D eigenvalue weighted by atomic mass is 16.1. The van der Waals surface area contributed by atoms with Gasteiger partial charge in [0.1, 0.15) is 5.82 Å². The SMILES string of the molecule is Cc1nc2c(nnn2Cc2ccccc2)c(=O)n1N. The van der Waals surface area contributed by atoms with Crippen molar-refractivity contribution in [2.24, 2.45) is 0 Å². The van der Waals surface area contributed by atoms with Gasteiger partial charge in [0.25, 0.3) is 0 Å². The lowest BCUT2D eigenvalue weighted by Gasteiger charge is -2.04. The first kappa shape index (κ1) is 11.4. The topological polar surface area (TPSA) is 91.6 Å². The Morgan fingerprint density at radius 3 is 2.74 bits per heavy atom. The Hall–Kier alpha value is -2.70. The number of nitrogens with two attached hydrogens (primary N) is 1. The molecule has 0 aliphatic carbocycles. The molecule has 0 bridgehead atoms. The summed E-state index contributed by atoms with van der Waals surface area (Å²) in [4.78, 5) is 16.2. The molecule has 96 valence electrons. The predicted molar refractivity (Wildman–Crippen MR) is 70.0 cm³/mol. The van der Waals surface area contributed by atoms with Crippen LogP contribution in [-0.4, -0.2) is 24.7 Å². The molecule has 2 heterocycles. The summed E-state index contributed by atoms with van der Waals surface area (Å²) in [5, 5.41) is 7.82. The largest absolute Gasteiger partial charge is 0.335 e. The van der Waals surface area contributed by atoms with Crippen LogP contribution < -0.4 is 11.4 Å². The van der Waals surface area contributed by atoms with Crippen molar-refractivity contribution >= 4 is 11.2 Å². The van der Waals surface area contributed by atoms with Gasteiger partial charge in [-0.05, 0) is 12.5 Å². The number of benzene rings is 1. The first-order chi connectivity index (χ1) is 9.16. The number of aromatic nitrogens is 5. The summed E-state index contributed by atoms with van der Waals surface area (Å²) >= 11 is 0. The Morgan fingerprint density at radius 1 is 1.26 bits per heavy atom. The van der Waals surface area contributed by atoms with E-state index in [1.54, 1.807) is 11.6 Å². The van der Waals surface area contributed by atoms with Gasteiger partial charge >= 0.3 is 5.56 Å². The van der Waals surface area contributed by atoms with E-state index in [2.05, 4.69) is 15.3 Å². The molecule has 0 saturated carbocycles. The van der Waals surface area contributed by atoms with Crippen molar-refractivity contribution in [2.75, 3.05) is 5.84 Å². The Bertz CT molecular complexity index is 789. The van der Waals surface area contributed by atoms with Crippen molar-refractivity contribution in [3.63, 3.8) is 0 Å². The van der Waals surface area contributed by atoms with Gasteiger partial charge < -0.3 is 5.84 Å². The maximum absolute atomic E-state index is 11.9. The van der Waals surface area contributed by atoms with E-state index in [9.17, 15) is 4.79 Å². The third kappa shape index (κ3) is 1.85. The summed E-state index contributed by atoms with van der Waals surface area (Å²) in [5.41, 5.74) is 1.31. The Kier molecular flexibility index (Phi) is 2.52. The molecule has 3 rings (SSSR count). The zero-order valence-electron chi connectivity index (χ0n) is 10.3. The maximum atomic E-state index is 11.9. The van der Waals surface area contributed by atoms with Gasteiger partial charge in [-0.15, -0.1) is 5.10 Å². The molecule has 0 spiro atoms. The third-order valence-corrected chi connectivity index (χ3v) is 2.92. The molecule has 2 N–H and O–H groups in total. The van der Waals surface area contributed by atoms with Gasteiger partial charge in [0.15, 0.2) is 11.2 Å². The summed E-state index contributed by atoms with van der Waals surface area (Å²) in [5.74, 6) is 6.00. The van der Waals surface area contributed by atoms with Crippen LogP contribution in [0.25, 0.3) is 11.2 Å². The molecule has 0 saturated heterocycles. The number of hydrogen-bond acceptors (Lipinski definition) is 5. The minimum absolute atomic E-state index is 0.184. The van der Waals surface area contributed by atoms with Gasteiger partial charge in [0, 0.05) is 0 Å². The van der Waals surface area contributed by atoms with Gasteiger partial charge in [0.2, 0.25) is 0 Å². The Labute approximate surface area is 108 Å². The lowest BCUT2D eigenvalue weighted by molar-refractivity contribution is 0.662. The molecule has 0 atom stereocenters. The van der Waals surface area contributed by atoms with Crippen LogP contribution in [-0.2, 0) is 6.54 Å². The molecular weight excluding hydrogens is 244 g/mol. The normalized spacial score (nSPS) is 11.0. The van der Waals surface area contributed by atoms with Crippen LogP contribution in [0.3, 0.4) is 0 Å². The van der Waals surface area contributed by atoms with Crippen LogP contribution in [0.2, 0.25) is 0 Å². The van der Waals surface area contributed by atoms with Crippen LogP contribution in [0.1, 0.15) is 11.4 Å². The number of hydrogen-bond donors (Lipinski definition) is 1. The highest BCUT2D eigenvalue weighted by Gasteiger charge is 2.13. The summed E-state index contributed by atoms with van der Waals surface area (Å²) in [6.45, 7) is 2.18. The van der Waals surface area contributed by atoms with E-state index >= 15 is 0 Å². The number of nitrogen functional groups attached to an aromatic ring is 1. The fourth-order valence-corrected chi connectivity index (χ4v) is 1.89. The molecule has 0 unspecified atom stereocenters. The average Bonchev–Trinajstić information content (AvgIpc) is 2.81. The minimum Gasteiger partial charge on any atom is -0.335 e. The van der Waals surface area contributed by atoms with Gasteiger partial charge in [-0.2, -0.15) is 0 Å². The van der Waals surface area contributed by atoms with Crippen molar-refractivity contribution in [1.82, 2.24) is 24.7 Å². The lowest BCUT2D eigenvalue weighted by Crippen LogP contribution is -2.30. The van der Waals surface area contributed by atoms with E-state index in [0.717, 1.165) is 10.2 Å². The van der Waals surface area contributed by atoms with Gasteiger partial charge in [-0.25, -0.2) is 14.3 Å².